The number of hydrogen-bond acceptors (Lipinski definition) is 8. The molecule has 9 heteroatoms. The molecule has 1 N–H and O–H groups in total. The monoisotopic (exact) mass is 485 g/mol. The maximum atomic E-state index is 12.5. The van der Waals surface area contributed by atoms with E-state index in [1.807, 2.05) is 18.2 Å². The molecule has 4 aromatic rings. The van der Waals surface area contributed by atoms with Crippen LogP contribution < -0.4 is 14.8 Å². The number of hydrogen-bond donors (Lipinski definition) is 1. The smallest absolute Gasteiger partial charge is 0.256 e. The zero-order valence-electron chi connectivity index (χ0n) is 20.2. The molecule has 0 spiro atoms. The predicted molar refractivity (Wildman–Crippen MR) is 134 cm³/mol. The van der Waals surface area contributed by atoms with Crippen LogP contribution in [0.15, 0.2) is 71.4 Å². The number of amides is 1. The van der Waals surface area contributed by atoms with Gasteiger partial charge < -0.3 is 19.3 Å². The van der Waals surface area contributed by atoms with E-state index in [1.165, 1.54) is 5.56 Å². The largest absolute Gasteiger partial charge is 0.497 e. The van der Waals surface area contributed by atoms with Gasteiger partial charge in [0.2, 0.25) is 11.7 Å². The molecule has 0 saturated carbocycles. The lowest BCUT2D eigenvalue weighted by atomic mass is 10.1. The van der Waals surface area contributed by atoms with Crippen LogP contribution in [0.25, 0.3) is 11.4 Å². The molecular weight excluding hydrogens is 458 g/mol. The fourth-order valence-corrected chi connectivity index (χ4v) is 4.28. The molecule has 1 aliphatic heterocycles. The lowest BCUT2D eigenvalue weighted by Crippen LogP contribution is -2.23. The summed E-state index contributed by atoms with van der Waals surface area (Å²) in [5, 5.41) is 6.97. The van der Waals surface area contributed by atoms with Crippen molar-refractivity contribution in [2.24, 2.45) is 0 Å². The minimum Gasteiger partial charge on any atom is -0.497 e. The van der Waals surface area contributed by atoms with Gasteiger partial charge >= 0.3 is 0 Å². The van der Waals surface area contributed by atoms with E-state index in [0.29, 0.717) is 34.4 Å². The zero-order valence-corrected chi connectivity index (χ0v) is 20.2. The summed E-state index contributed by atoms with van der Waals surface area (Å²) in [6.07, 6.45) is 3.66. The molecule has 2 aromatic heterocycles. The number of carbonyl (C=O) groups is 1. The maximum absolute atomic E-state index is 12.5. The second-order valence-corrected chi connectivity index (χ2v) is 8.55. The summed E-state index contributed by atoms with van der Waals surface area (Å²) in [5.74, 6) is 2.80. The van der Waals surface area contributed by atoms with E-state index < -0.39 is 0 Å². The molecule has 1 atom stereocenters. The molecule has 0 aliphatic carbocycles. The van der Waals surface area contributed by atoms with Crippen molar-refractivity contribution in [2.45, 2.75) is 25.4 Å². The number of rotatable bonds is 8. The summed E-state index contributed by atoms with van der Waals surface area (Å²) >= 11 is 0. The van der Waals surface area contributed by atoms with Crippen LogP contribution in [0.1, 0.15) is 40.7 Å². The molecule has 1 aliphatic rings. The summed E-state index contributed by atoms with van der Waals surface area (Å²) in [7, 11) is 3.25. The van der Waals surface area contributed by atoms with Gasteiger partial charge in [0.1, 0.15) is 17.3 Å². The average Bonchev–Trinajstić information content (AvgIpc) is 3.59. The van der Waals surface area contributed by atoms with E-state index in [1.54, 1.807) is 50.7 Å². The van der Waals surface area contributed by atoms with E-state index >= 15 is 0 Å². The van der Waals surface area contributed by atoms with Crippen molar-refractivity contribution in [3.8, 4) is 22.9 Å². The van der Waals surface area contributed by atoms with Crippen molar-refractivity contribution in [1.29, 1.82) is 0 Å². The lowest BCUT2D eigenvalue weighted by molar-refractivity contribution is 0.102. The minimum absolute atomic E-state index is 0.0735. The van der Waals surface area contributed by atoms with Gasteiger partial charge in [0.05, 0.1) is 20.3 Å². The Bertz CT molecular complexity index is 1300. The van der Waals surface area contributed by atoms with Crippen LogP contribution in [-0.2, 0) is 6.54 Å². The Balaban J connectivity index is 1.23. The fraction of sp³-hybridized carbons (Fsp3) is 0.259. The summed E-state index contributed by atoms with van der Waals surface area (Å²) < 4.78 is 16.0. The van der Waals surface area contributed by atoms with Crippen molar-refractivity contribution in [3.05, 3.63) is 83.9 Å². The summed E-state index contributed by atoms with van der Waals surface area (Å²) in [6.45, 7) is 1.77. The molecule has 1 amide bonds. The Kier molecular flexibility index (Phi) is 6.90. The van der Waals surface area contributed by atoms with Crippen LogP contribution in [0.3, 0.4) is 0 Å². The molecular formula is C27H27N5O4. The predicted octanol–water partition coefficient (Wildman–Crippen LogP) is 4.74. The van der Waals surface area contributed by atoms with Crippen LogP contribution in [-0.4, -0.2) is 46.7 Å². The number of pyridine rings is 1. The summed E-state index contributed by atoms with van der Waals surface area (Å²) in [6, 6.07) is 18.6. The average molecular weight is 486 g/mol. The first-order chi connectivity index (χ1) is 17.6. The highest BCUT2D eigenvalue weighted by atomic mass is 16.5. The van der Waals surface area contributed by atoms with Gasteiger partial charge in [-0.1, -0.05) is 17.3 Å². The second kappa shape index (κ2) is 10.6. The molecule has 9 nitrogen and oxygen atoms in total. The zero-order chi connectivity index (χ0) is 24.9. The molecule has 1 saturated heterocycles. The maximum Gasteiger partial charge on any atom is 0.256 e. The highest BCUT2D eigenvalue weighted by Gasteiger charge is 2.31. The summed E-state index contributed by atoms with van der Waals surface area (Å²) in [5.41, 5.74) is 2.44. The van der Waals surface area contributed by atoms with Gasteiger partial charge in [0.25, 0.3) is 5.91 Å². The number of aromatic nitrogens is 3. The molecule has 1 unspecified atom stereocenters. The number of carbonyl (C=O) groups excluding carboxylic acids is 1. The van der Waals surface area contributed by atoms with Gasteiger partial charge in [-0.05, 0) is 73.5 Å². The Hall–Kier alpha value is -4.24. The van der Waals surface area contributed by atoms with Crippen molar-refractivity contribution >= 4 is 11.7 Å². The molecule has 36 heavy (non-hydrogen) atoms. The van der Waals surface area contributed by atoms with E-state index in [-0.39, 0.29) is 11.9 Å². The van der Waals surface area contributed by atoms with Crippen molar-refractivity contribution < 1.29 is 18.8 Å². The van der Waals surface area contributed by atoms with Gasteiger partial charge in [-0.25, -0.2) is 4.98 Å². The standard InChI is InChI=1S/C27H27N5O4/c1-34-21-10-5-18(6-11-21)17-32-15-3-4-23(32)27-30-25(31-36-27)20-9-14-24(28-16-20)29-26(33)19-7-12-22(35-2)13-8-19/h5-14,16,23H,3-4,15,17H2,1-2H3,(H,28,29,33). The first-order valence-corrected chi connectivity index (χ1v) is 11.8. The van der Waals surface area contributed by atoms with Gasteiger partial charge in [0, 0.05) is 23.9 Å². The number of benzene rings is 2. The Morgan fingerprint density at radius 1 is 1.03 bits per heavy atom. The number of likely N-dealkylation sites (tertiary alicyclic amines) is 1. The summed E-state index contributed by atoms with van der Waals surface area (Å²) in [4.78, 5) is 23.8. The quantitative estimate of drug-likeness (QED) is 0.382. The minimum atomic E-state index is -0.252. The van der Waals surface area contributed by atoms with E-state index in [9.17, 15) is 4.79 Å². The number of nitrogens with zero attached hydrogens (tertiary/aromatic N) is 4. The van der Waals surface area contributed by atoms with Gasteiger partial charge in [-0.3, -0.25) is 9.69 Å². The second-order valence-electron chi connectivity index (χ2n) is 8.55. The molecule has 184 valence electrons. The molecule has 0 radical (unpaired) electrons. The molecule has 1 fully saturated rings. The SMILES string of the molecule is COc1ccc(CN2CCCC2c2nc(-c3ccc(NC(=O)c4ccc(OC)cc4)nc3)no2)cc1. The van der Waals surface area contributed by atoms with E-state index in [0.717, 1.165) is 31.7 Å². The van der Waals surface area contributed by atoms with Crippen LogP contribution >= 0.6 is 0 Å². The highest BCUT2D eigenvalue weighted by molar-refractivity contribution is 6.03. The Labute approximate surface area is 209 Å². The first-order valence-electron chi connectivity index (χ1n) is 11.8. The highest BCUT2D eigenvalue weighted by Crippen LogP contribution is 2.33. The van der Waals surface area contributed by atoms with E-state index in [2.05, 4.69) is 37.5 Å². The van der Waals surface area contributed by atoms with Crippen molar-refractivity contribution in [2.75, 3.05) is 26.1 Å². The first kappa shape index (κ1) is 23.5. The molecule has 0 bridgehead atoms. The lowest BCUT2D eigenvalue weighted by Gasteiger charge is -2.21. The topological polar surface area (TPSA) is 103 Å². The van der Waals surface area contributed by atoms with Gasteiger partial charge in [-0.15, -0.1) is 0 Å². The van der Waals surface area contributed by atoms with Crippen LogP contribution in [0.2, 0.25) is 0 Å². The molecule has 2 aromatic carbocycles. The number of ether oxygens (including phenoxy) is 2. The third-order valence-electron chi connectivity index (χ3n) is 6.25. The number of anilines is 1. The Morgan fingerprint density at radius 3 is 2.42 bits per heavy atom. The third-order valence-corrected chi connectivity index (χ3v) is 6.25. The van der Waals surface area contributed by atoms with Gasteiger partial charge in [0.15, 0.2) is 0 Å². The fourth-order valence-electron chi connectivity index (χ4n) is 4.28. The third kappa shape index (κ3) is 5.21. The van der Waals surface area contributed by atoms with Crippen LogP contribution in [0, 0.1) is 0 Å². The van der Waals surface area contributed by atoms with E-state index in [4.69, 9.17) is 14.0 Å². The molecule has 3 heterocycles. The van der Waals surface area contributed by atoms with Crippen molar-refractivity contribution in [3.63, 3.8) is 0 Å². The number of methoxy groups -OCH3 is 2. The number of nitrogens with one attached hydrogen (secondary N) is 1. The van der Waals surface area contributed by atoms with Crippen LogP contribution in [0.5, 0.6) is 11.5 Å². The van der Waals surface area contributed by atoms with Crippen LogP contribution in [0.4, 0.5) is 5.82 Å². The molecule has 5 rings (SSSR count). The Morgan fingerprint density at radius 2 is 1.75 bits per heavy atom. The normalized spacial score (nSPS) is 15.6. The van der Waals surface area contributed by atoms with Crippen molar-refractivity contribution in [1.82, 2.24) is 20.0 Å². The van der Waals surface area contributed by atoms with Gasteiger partial charge in [-0.2, -0.15) is 4.98 Å².